The van der Waals surface area contributed by atoms with Crippen molar-refractivity contribution < 1.29 is 5.11 Å². The number of aliphatic hydroxyl groups excluding tert-OH is 1. The van der Waals surface area contributed by atoms with E-state index in [-0.39, 0.29) is 0 Å². The average molecular weight is 176 g/mol. The molecule has 0 aliphatic heterocycles. The summed E-state index contributed by atoms with van der Waals surface area (Å²) in [7, 11) is 0. The van der Waals surface area contributed by atoms with Crippen LogP contribution in [-0.4, -0.2) is 11.7 Å². The molecule has 0 amide bonds. The molecule has 1 N–H and O–H groups in total. The number of hydrogen-bond acceptors (Lipinski definition) is 1. The molecule has 13 heavy (non-hydrogen) atoms. The zero-order valence-electron chi connectivity index (χ0n) is 7.87. The molecule has 1 fully saturated rings. The summed E-state index contributed by atoms with van der Waals surface area (Å²) in [6.07, 6.45) is 4.74. The third kappa shape index (κ3) is 1.49. The van der Waals surface area contributed by atoms with Crippen molar-refractivity contribution in [1.29, 1.82) is 0 Å². The molecule has 70 valence electrons. The molecule has 0 saturated heterocycles. The van der Waals surface area contributed by atoms with E-state index < -0.39 is 0 Å². The Morgan fingerprint density at radius 3 is 2.31 bits per heavy atom. The largest absolute Gasteiger partial charge is 0.396 e. The first-order valence-electron chi connectivity index (χ1n) is 5.04. The van der Waals surface area contributed by atoms with E-state index in [1.54, 1.807) is 0 Å². The minimum atomic E-state index is 0.314. The van der Waals surface area contributed by atoms with Crippen molar-refractivity contribution in [3.8, 4) is 0 Å². The quantitative estimate of drug-likeness (QED) is 0.750. The molecule has 0 bridgehead atoms. The van der Waals surface area contributed by atoms with Gasteiger partial charge in [-0.05, 0) is 30.2 Å². The zero-order chi connectivity index (χ0) is 9.15. The van der Waals surface area contributed by atoms with Crippen LogP contribution in [-0.2, 0) is 5.41 Å². The third-order valence-corrected chi connectivity index (χ3v) is 3.29. The highest BCUT2D eigenvalue weighted by atomic mass is 16.3. The van der Waals surface area contributed by atoms with Gasteiger partial charge < -0.3 is 5.11 Å². The van der Waals surface area contributed by atoms with E-state index in [1.165, 1.54) is 24.8 Å². The van der Waals surface area contributed by atoms with Crippen molar-refractivity contribution in [3.05, 3.63) is 35.9 Å². The van der Waals surface area contributed by atoms with Gasteiger partial charge in [-0.1, -0.05) is 36.8 Å². The number of rotatable bonds is 3. The topological polar surface area (TPSA) is 20.2 Å². The molecule has 0 aromatic heterocycles. The monoisotopic (exact) mass is 176 g/mol. The van der Waals surface area contributed by atoms with Gasteiger partial charge in [-0.2, -0.15) is 0 Å². The van der Waals surface area contributed by atoms with Gasteiger partial charge in [0.2, 0.25) is 0 Å². The van der Waals surface area contributed by atoms with Gasteiger partial charge in [-0.25, -0.2) is 0 Å². The van der Waals surface area contributed by atoms with Crippen molar-refractivity contribution in [1.82, 2.24) is 0 Å². The van der Waals surface area contributed by atoms with Crippen LogP contribution in [0.4, 0.5) is 0 Å². The van der Waals surface area contributed by atoms with Gasteiger partial charge in [0.25, 0.3) is 0 Å². The third-order valence-electron chi connectivity index (χ3n) is 3.29. The van der Waals surface area contributed by atoms with Crippen LogP contribution in [0.15, 0.2) is 30.3 Å². The van der Waals surface area contributed by atoms with Crippen LogP contribution in [0, 0.1) is 0 Å². The lowest BCUT2D eigenvalue weighted by molar-refractivity contribution is 0.167. The molecule has 1 heteroatoms. The molecule has 1 nitrogen and oxygen atoms in total. The minimum absolute atomic E-state index is 0.314. The summed E-state index contributed by atoms with van der Waals surface area (Å²) in [5, 5.41) is 9.03. The second-order valence-corrected chi connectivity index (χ2v) is 3.97. The van der Waals surface area contributed by atoms with Crippen molar-refractivity contribution in [2.45, 2.75) is 31.1 Å². The minimum Gasteiger partial charge on any atom is -0.396 e. The highest BCUT2D eigenvalue weighted by Crippen LogP contribution is 2.45. The normalized spacial score (nSPS) is 19.5. The Bertz CT molecular complexity index is 262. The Morgan fingerprint density at radius 1 is 1.15 bits per heavy atom. The molecule has 0 atom stereocenters. The zero-order valence-corrected chi connectivity index (χ0v) is 7.87. The first-order chi connectivity index (χ1) is 6.37. The van der Waals surface area contributed by atoms with Crippen LogP contribution in [0.1, 0.15) is 31.2 Å². The maximum absolute atomic E-state index is 9.03. The molecular weight excluding hydrogens is 160 g/mol. The molecular formula is C12H16O. The standard InChI is InChI=1S/C12H16O/c13-10-9-12(7-4-8-12)11-5-2-1-3-6-11/h1-3,5-6,13H,4,7-10H2. The van der Waals surface area contributed by atoms with Crippen LogP contribution in [0.3, 0.4) is 0 Å². The van der Waals surface area contributed by atoms with Crippen molar-refractivity contribution >= 4 is 0 Å². The van der Waals surface area contributed by atoms with Gasteiger partial charge >= 0.3 is 0 Å². The van der Waals surface area contributed by atoms with Gasteiger partial charge in [-0.15, -0.1) is 0 Å². The lowest BCUT2D eigenvalue weighted by Gasteiger charge is -2.42. The maximum Gasteiger partial charge on any atom is 0.0439 e. The first-order valence-corrected chi connectivity index (χ1v) is 5.04. The van der Waals surface area contributed by atoms with Gasteiger partial charge in [0.1, 0.15) is 0 Å². The lowest BCUT2D eigenvalue weighted by Crippen LogP contribution is -2.35. The SMILES string of the molecule is OCCC1(c2ccccc2)CCC1. The number of hydrogen-bond donors (Lipinski definition) is 1. The van der Waals surface area contributed by atoms with Crippen LogP contribution >= 0.6 is 0 Å². The highest BCUT2D eigenvalue weighted by molar-refractivity contribution is 5.27. The van der Waals surface area contributed by atoms with E-state index >= 15 is 0 Å². The van der Waals surface area contributed by atoms with Gasteiger partial charge in [-0.3, -0.25) is 0 Å². The molecule has 2 rings (SSSR count). The molecule has 0 heterocycles. The second kappa shape index (κ2) is 3.51. The second-order valence-electron chi connectivity index (χ2n) is 3.97. The molecule has 1 aliphatic rings. The first kappa shape index (κ1) is 8.76. The fraction of sp³-hybridized carbons (Fsp3) is 0.500. The fourth-order valence-corrected chi connectivity index (χ4v) is 2.29. The van der Waals surface area contributed by atoms with E-state index in [0.717, 1.165) is 6.42 Å². The summed E-state index contributed by atoms with van der Waals surface area (Å²) in [5.74, 6) is 0. The molecule has 0 spiro atoms. The smallest absolute Gasteiger partial charge is 0.0439 e. The Balaban J connectivity index is 2.22. The van der Waals surface area contributed by atoms with Gasteiger partial charge in [0.15, 0.2) is 0 Å². The van der Waals surface area contributed by atoms with Crippen LogP contribution in [0.5, 0.6) is 0 Å². The summed E-state index contributed by atoms with van der Waals surface area (Å²) >= 11 is 0. The van der Waals surface area contributed by atoms with E-state index in [2.05, 4.69) is 30.3 Å². The van der Waals surface area contributed by atoms with Crippen molar-refractivity contribution in [3.63, 3.8) is 0 Å². The Hall–Kier alpha value is -0.820. The van der Waals surface area contributed by atoms with E-state index in [9.17, 15) is 0 Å². The molecule has 1 aromatic carbocycles. The molecule has 0 radical (unpaired) electrons. The summed E-state index contributed by atoms with van der Waals surface area (Å²) < 4.78 is 0. The molecule has 0 unspecified atom stereocenters. The summed E-state index contributed by atoms with van der Waals surface area (Å²) in [5.41, 5.74) is 1.73. The summed E-state index contributed by atoms with van der Waals surface area (Å²) in [6.45, 7) is 0.314. The van der Waals surface area contributed by atoms with Crippen LogP contribution in [0.2, 0.25) is 0 Å². The van der Waals surface area contributed by atoms with Crippen molar-refractivity contribution in [2.24, 2.45) is 0 Å². The lowest BCUT2D eigenvalue weighted by atomic mass is 9.63. The Labute approximate surface area is 79.4 Å². The highest BCUT2D eigenvalue weighted by Gasteiger charge is 2.37. The average Bonchev–Trinajstić information content (AvgIpc) is 2.13. The van der Waals surface area contributed by atoms with Crippen molar-refractivity contribution in [2.75, 3.05) is 6.61 Å². The van der Waals surface area contributed by atoms with Crippen LogP contribution in [0.25, 0.3) is 0 Å². The van der Waals surface area contributed by atoms with E-state index in [0.29, 0.717) is 12.0 Å². The van der Waals surface area contributed by atoms with E-state index in [1.807, 2.05) is 0 Å². The van der Waals surface area contributed by atoms with Gasteiger partial charge in [0, 0.05) is 6.61 Å². The van der Waals surface area contributed by atoms with E-state index in [4.69, 9.17) is 5.11 Å². The number of aliphatic hydroxyl groups is 1. The predicted molar refractivity (Wildman–Crippen MR) is 53.7 cm³/mol. The Morgan fingerprint density at radius 2 is 1.85 bits per heavy atom. The summed E-state index contributed by atoms with van der Waals surface area (Å²) in [6, 6.07) is 10.6. The van der Waals surface area contributed by atoms with Gasteiger partial charge in [0.05, 0.1) is 0 Å². The summed E-state index contributed by atoms with van der Waals surface area (Å²) in [4.78, 5) is 0. The maximum atomic E-state index is 9.03. The fourth-order valence-electron chi connectivity index (χ4n) is 2.29. The number of benzene rings is 1. The predicted octanol–water partition coefficient (Wildman–Crippen LogP) is 2.49. The Kier molecular flexibility index (Phi) is 2.36. The molecule has 1 saturated carbocycles. The molecule has 1 aromatic rings. The molecule has 1 aliphatic carbocycles. The van der Waals surface area contributed by atoms with Crippen LogP contribution < -0.4 is 0 Å².